The van der Waals surface area contributed by atoms with Crippen molar-refractivity contribution in [3.05, 3.63) is 46.9 Å². The summed E-state index contributed by atoms with van der Waals surface area (Å²) in [5.74, 6) is 1.85. The maximum atomic E-state index is 12.7. The topological polar surface area (TPSA) is 80.3 Å². The van der Waals surface area contributed by atoms with Crippen molar-refractivity contribution in [2.75, 3.05) is 35.5 Å². The Labute approximate surface area is 165 Å². The smallest absolute Gasteiger partial charge is 0.203 e. The molecule has 0 atom stereocenters. The highest BCUT2D eigenvalue weighted by molar-refractivity contribution is 7.93. The first-order valence-corrected chi connectivity index (χ1v) is 10.0. The Bertz CT molecular complexity index is 927. The van der Waals surface area contributed by atoms with Crippen LogP contribution in [-0.2, 0) is 15.6 Å². The van der Waals surface area contributed by atoms with Crippen LogP contribution in [0.3, 0.4) is 0 Å². The van der Waals surface area contributed by atoms with Crippen LogP contribution >= 0.6 is 0 Å². The van der Waals surface area contributed by atoms with Gasteiger partial charge in [-0.15, -0.1) is 0 Å². The molecule has 8 heteroatoms. The van der Waals surface area contributed by atoms with Crippen molar-refractivity contribution in [2.24, 2.45) is 0 Å². The van der Waals surface area contributed by atoms with Crippen LogP contribution < -0.4 is 23.7 Å². The molecule has 0 N–H and O–H groups in total. The second kappa shape index (κ2) is 9.36. The average Bonchev–Trinajstić information content (AvgIpc) is 2.71. The summed E-state index contributed by atoms with van der Waals surface area (Å²) < 4.78 is 51.9. The highest BCUT2D eigenvalue weighted by Gasteiger charge is 2.20. The molecule has 0 radical (unpaired) electrons. The Balaban J connectivity index is 2.39. The second-order valence-corrected chi connectivity index (χ2v) is 7.57. The number of methoxy groups -OCH3 is 5. The summed E-state index contributed by atoms with van der Waals surface area (Å²) >= 11 is 0. The van der Waals surface area contributed by atoms with Gasteiger partial charge in [0, 0.05) is 11.0 Å². The first kappa shape index (κ1) is 21.4. The number of sulfone groups is 1. The van der Waals surface area contributed by atoms with E-state index in [1.54, 1.807) is 30.3 Å². The Morgan fingerprint density at radius 2 is 1.32 bits per heavy atom. The van der Waals surface area contributed by atoms with Crippen LogP contribution in [-0.4, -0.2) is 44.0 Å². The molecule has 0 unspecified atom stereocenters. The molecular formula is C20H24O7S. The van der Waals surface area contributed by atoms with Crippen molar-refractivity contribution < 1.29 is 32.1 Å². The standard InChI is InChI=1S/C20H24O7S/c1-23-16-7-6-8-17(24-2)15(16)11-12-28(21,22)13-14-9-10-18(25-3)20(27-5)19(14)26-4/h6-12H,13H2,1-5H3. The van der Waals surface area contributed by atoms with Crippen LogP contribution in [0.25, 0.3) is 6.08 Å². The third-order valence-corrected chi connectivity index (χ3v) is 5.31. The number of benzene rings is 2. The van der Waals surface area contributed by atoms with Crippen LogP contribution in [0.15, 0.2) is 35.7 Å². The van der Waals surface area contributed by atoms with Gasteiger partial charge in [0.1, 0.15) is 11.5 Å². The van der Waals surface area contributed by atoms with Gasteiger partial charge in [-0.2, -0.15) is 0 Å². The molecule has 0 saturated heterocycles. The first-order valence-electron chi connectivity index (χ1n) is 8.30. The normalized spacial score (nSPS) is 11.3. The summed E-state index contributed by atoms with van der Waals surface area (Å²) in [5, 5.41) is 1.13. The van der Waals surface area contributed by atoms with E-state index in [1.807, 2.05) is 0 Å². The highest BCUT2D eigenvalue weighted by atomic mass is 32.2. The van der Waals surface area contributed by atoms with Crippen LogP contribution in [0.5, 0.6) is 28.7 Å². The molecule has 0 fully saturated rings. The number of hydrogen-bond acceptors (Lipinski definition) is 7. The zero-order valence-corrected chi connectivity index (χ0v) is 17.3. The van der Waals surface area contributed by atoms with E-state index in [0.717, 1.165) is 5.41 Å². The molecule has 2 aromatic carbocycles. The van der Waals surface area contributed by atoms with Crippen LogP contribution in [0.2, 0.25) is 0 Å². The maximum absolute atomic E-state index is 12.7. The van der Waals surface area contributed by atoms with Crippen molar-refractivity contribution in [2.45, 2.75) is 5.75 Å². The molecule has 28 heavy (non-hydrogen) atoms. The molecule has 0 aliphatic heterocycles. The van der Waals surface area contributed by atoms with E-state index in [1.165, 1.54) is 41.6 Å². The lowest BCUT2D eigenvalue weighted by Crippen LogP contribution is -2.04. The monoisotopic (exact) mass is 408 g/mol. The fourth-order valence-corrected chi connectivity index (χ4v) is 3.86. The van der Waals surface area contributed by atoms with Gasteiger partial charge in [0.15, 0.2) is 21.3 Å². The summed E-state index contributed by atoms with van der Waals surface area (Å²) in [5.41, 5.74) is 0.993. The summed E-state index contributed by atoms with van der Waals surface area (Å²) in [4.78, 5) is 0. The molecule has 0 spiro atoms. The summed E-state index contributed by atoms with van der Waals surface area (Å²) in [6, 6.07) is 8.49. The van der Waals surface area contributed by atoms with Gasteiger partial charge in [-0.25, -0.2) is 8.42 Å². The SMILES string of the molecule is COc1cccc(OC)c1C=CS(=O)(=O)Cc1ccc(OC)c(OC)c1OC. The summed E-state index contributed by atoms with van der Waals surface area (Å²) in [6.45, 7) is 0. The fourth-order valence-electron chi connectivity index (χ4n) is 2.76. The minimum Gasteiger partial charge on any atom is -0.496 e. The van der Waals surface area contributed by atoms with Gasteiger partial charge >= 0.3 is 0 Å². The quantitative estimate of drug-likeness (QED) is 0.630. The first-order chi connectivity index (χ1) is 13.4. The molecule has 7 nitrogen and oxygen atoms in total. The summed E-state index contributed by atoms with van der Waals surface area (Å²) in [7, 11) is 3.80. The van der Waals surface area contributed by atoms with Crippen molar-refractivity contribution in [1.29, 1.82) is 0 Å². The molecule has 0 heterocycles. The Kier molecular flexibility index (Phi) is 7.17. The predicted octanol–water partition coefficient (Wildman–Crippen LogP) is 3.32. The lowest BCUT2D eigenvalue weighted by Gasteiger charge is -2.15. The maximum Gasteiger partial charge on any atom is 0.203 e. The highest BCUT2D eigenvalue weighted by Crippen LogP contribution is 2.40. The molecule has 2 aromatic rings. The van der Waals surface area contributed by atoms with E-state index in [0.29, 0.717) is 39.9 Å². The molecule has 0 saturated carbocycles. The molecule has 2 rings (SSSR count). The van der Waals surface area contributed by atoms with Gasteiger partial charge in [0.05, 0.1) is 46.9 Å². The van der Waals surface area contributed by atoms with E-state index in [2.05, 4.69) is 0 Å². The zero-order chi connectivity index (χ0) is 20.7. The van der Waals surface area contributed by atoms with Crippen molar-refractivity contribution in [3.8, 4) is 28.7 Å². The second-order valence-electron chi connectivity index (χ2n) is 5.68. The number of ether oxygens (including phenoxy) is 5. The average molecular weight is 408 g/mol. The van der Waals surface area contributed by atoms with Crippen LogP contribution in [0, 0.1) is 0 Å². The van der Waals surface area contributed by atoms with Gasteiger partial charge in [-0.05, 0) is 24.3 Å². The molecule has 0 aromatic heterocycles. The lowest BCUT2D eigenvalue weighted by atomic mass is 10.2. The van der Waals surface area contributed by atoms with Gasteiger partial charge in [0.25, 0.3) is 0 Å². The Hall–Kier alpha value is -2.87. The fraction of sp³-hybridized carbons (Fsp3) is 0.300. The van der Waals surface area contributed by atoms with E-state index in [4.69, 9.17) is 23.7 Å². The Morgan fingerprint density at radius 1 is 0.750 bits per heavy atom. The van der Waals surface area contributed by atoms with E-state index in [9.17, 15) is 8.42 Å². The summed E-state index contributed by atoms with van der Waals surface area (Å²) in [6.07, 6.45) is 1.46. The number of hydrogen-bond donors (Lipinski definition) is 0. The van der Waals surface area contributed by atoms with Crippen LogP contribution in [0.1, 0.15) is 11.1 Å². The number of rotatable bonds is 9. The third-order valence-electron chi connectivity index (χ3n) is 4.05. The van der Waals surface area contributed by atoms with Crippen molar-refractivity contribution >= 4 is 15.9 Å². The largest absolute Gasteiger partial charge is 0.496 e. The van der Waals surface area contributed by atoms with Gasteiger partial charge in [-0.1, -0.05) is 12.1 Å². The van der Waals surface area contributed by atoms with Gasteiger partial charge in [0.2, 0.25) is 5.75 Å². The zero-order valence-electron chi connectivity index (χ0n) is 16.5. The van der Waals surface area contributed by atoms with E-state index >= 15 is 0 Å². The minimum absolute atomic E-state index is 0.273. The van der Waals surface area contributed by atoms with Gasteiger partial charge in [-0.3, -0.25) is 0 Å². The van der Waals surface area contributed by atoms with Crippen molar-refractivity contribution in [3.63, 3.8) is 0 Å². The minimum atomic E-state index is -3.63. The van der Waals surface area contributed by atoms with E-state index in [-0.39, 0.29) is 5.75 Å². The molecule has 0 aliphatic rings. The molecule has 0 bridgehead atoms. The lowest BCUT2D eigenvalue weighted by molar-refractivity contribution is 0.323. The molecule has 0 amide bonds. The molecule has 0 aliphatic carbocycles. The predicted molar refractivity (Wildman–Crippen MR) is 107 cm³/mol. The third kappa shape index (κ3) is 4.69. The van der Waals surface area contributed by atoms with Crippen molar-refractivity contribution in [1.82, 2.24) is 0 Å². The molecule has 152 valence electrons. The molecular weight excluding hydrogens is 384 g/mol. The van der Waals surface area contributed by atoms with Gasteiger partial charge < -0.3 is 23.7 Å². The van der Waals surface area contributed by atoms with E-state index < -0.39 is 9.84 Å². The van der Waals surface area contributed by atoms with Crippen LogP contribution in [0.4, 0.5) is 0 Å². The Morgan fingerprint density at radius 3 is 1.82 bits per heavy atom.